The second kappa shape index (κ2) is 7.19. The number of hydrogen-bond donors (Lipinski definition) is 1. The van der Waals surface area contributed by atoms with Crippen LogP contribution in [0.25, 0.3) is 0 Å². The van der Waals surface area contributed by atoms with Crippen molar-refractivity contribution in [2.24, 2.45) is 5.92 Å². The van der Waals surface area contributed by atoms with Gasteiger partial charge in [0.15, 0.2) is 0 Å². The van der Waals surface area contributed by atoms with E-state index < -0.39 is 0 Å². The summed E-state index contributed by atoms with van der Waals surface area (Å²) in [6, 6.07) is 6.37. The van der Waals surface area contributed by atoms with Crippen molar-refractivity contribution in [3.63, 3.8) is 0 Å². The van der Waals surface area contributed by atoms with E-state index in [2.05, 4.69) is 24.1 Å². The van der Waals surface area contributed by atoms with Gasteiger partial charge >= 0.3 is 0 Å². The molecule has 20 heavy (non-hydrogen) atoms. The Morgan fingerprint density at radius 3 is 2.95 bits per heavy atom. The van der Waals surface area contributed by atoms with Crippen molar-refractivity contribution >= 4 is 17.3 Å². The highest BCUT2D eigenvalue weighted by Crippen LogP contribution is 2.32. The Morgan fingerprint density at radius 1 is 1.45 bits per heavy atom. The van der Waals surface area contributed by atoms with Crippen LogP contribution < -0.4 is 15.0 Å². The predicted molar refractivity (Wildman–Crippen MR) is 86.1 cm³/mol. The molecule has 0 aliphatic carbocycles. The molecule has 1 aromatic rings. The minimum Gasteiger partial charge on any atom is -0.495 e. The molecule has 1 fully saturated rings. The highest BCUT2D eigenvalue weighted by Gasteiger charge is 2.21. The first-order valence-electron chi connectivity index (χ1n) is 7.42. The van der Waals surface area contributed by atoms with Crippen molar-refractivity contribution in [1.82, 2.24) is 5.32 Å². The van der Waals surface area contributed by atoms with Crippen LogP contribution in [0.1, 0.15) is 26.7 Å². The summed E-state index contributed by atoms with van der Waals surface area (Å²) in [5.74, 6) is 1.60. The number of rotatable bonds is 4. The maximum absolute atomic E-state index is 6.16. The van der Waals surface area contributed by atoms with Gasteiger partial charge in [0.2, 0.25) is 0 Å². The molecule has 1 aliphatic rings. The molecule has 2 rings (SSSR count). The summed E-state index contributed by atoms with van der Waals surface area (Å²) in [5, 5.41) is 4.41. The summed E-state index contributed by atoms with van der Waals surface area (Å²) in [6.07, 6.45) is 2.34. The molecule has 0 aromatic heterocycles. The van der Waals surface area contributed by atoms with Gasteiger partial charge in [-0.15, -0.1) is 0 Å². The number of nitrogens with one attached hydrogen (secondary N) is 1. The summed E-state index contributed by atoms with van der Waals surface area (Å²) >= 11 is 6.16. The Hall–Kier alpha value is -0.930. The molecule has 1 aliphatic heterocycles. The molecule has 0 spiro atoms. The van der Waals surface area contributed by atoms with Gasteiger partial charge in [0.1, 0.15) is 5.75 Å². The minimum absolute atomic E-state index is 0.529. The Bertz CT molecular complexity index is 436. The number of methoxy groups -OCH3 is 1. The van der Waals surface area contributed by atoms with Gasteiger partial charge in [-0.1, -0.05) is 25.4 Å². The van der Waals surface area contributed by atoms with Crippen LogP contribution in [0, 0.1) is 5.92 Å². The summed E-state index contributed by atoms with van der Waals surface area (Å²) in [6.45, 7) is 7.68. The van der Waals surface area contributed by atoms with E-state index in [0.717, 1.165) is 42.5 Å². The minimum atomic E-state index is 0.529. The number of benzene rings is 1. The van der Waals surface area contributed by atoms with Gasteiger partial charge in [0.05, 0.1) is 12.8 Å². The first kappa shape index (κ1) is 15.5. The molecule has 0 bridgehead atoms. The Balaban J connectivity index is 2.19. The second-order valence-electron chi connectivity index (χ2n) is 5.90. The molecule has 4 heteroatoms. The maximum atomic E-state index is 6.16. The lowest BCUT2D eigenvalue weighted by molar-refractivity contribution is 0.411. The quantitative estimate of drug-likeness (QED) is 0.919. The lowest BCUT2D eigenvalue weighted by atomic mass is 10.0. The summed E-state index contributed by atoms with van der Waals surface area (Å²) in [4.78, 5) is 2.40. The van der Waals surface area contributed by atoms with Crippen molar-refractivity contribution in [3.05, 3.63) is 23.2 Å². The smallest absolute Gasteiger partial charge is 0.142 e. The number of halogens is 1. The standard InChI is InChI=1S/C16H25ClN2O/c1-12(2)9-14-11-19(8-4-7-18-14)15-10-13(17)5-6-16(15)20-3/h5-6,10,12,14,18H,4,7-9,11H2,1-3H3. The van der Waals surface area contributed by atoms with E-state index in [1.54, 1.807) is 7.11 Å². The largest absolute Gasteiger partial charge is 0.495 e. The number of nitrogens with zero attached hydrogens (tertiary/aromatic N) is 1. The Kier molecular flexibility index (Phi) is 5.55. The lowest BCUT2D eigenvalue weighted by Gasteiger charge is -2.28. The molecule has 1 aromatic carbocycles. The molecule has 0 saturated carbocycles. The Morgan fingerprint density at radius 2 is 2.25 bits per heavy atom. The average molecular weight is 297 g/mol. The van der Waals surface area contributed by atoms with E-state index in [1.165, 1.54) is 6.42 Å². The monoisotopic (exact) mass is 296 g/mol. The van der Waals surface area contributed by atoms with Crippen molar-refractivity contribution in [1.29, 1.82) is 0 Å². The summed E-state index contributed by atoms with van der Waals surface area (Å²) in [7, 11) is 1.72. The van der Waals surface area contributed by atoms with E-state index >= 15 is 0 Å². The van der Waals surface area contributed by atoms with Crippen LogP contribution in [0.3, 0.4) is 0 Å². The fourth-order valence-electron chi connectivity index (χ4n) is 2.85. The van der Waals surface area contributed by atoms with Gasteiger partial charge in [0, 0.05) is 24.2 Å². The zero-order chi connectivity index (χ0) is 14.5. The van der Waals surface area contributed by atoms with Gasteiger partial charge in [-0.05, 0) is 43.5 Å². The predicted octanol–water partition coefficient (Wildman–Crippen LogP) is 3.56. The zero-order valence-electron chi connectivity index (χ0n) is 12.7. The molecule has 0 amide bonds. The molecule has 1 atom stereocenters. The van der Waals surface area contributed by atoms with Crippen molar-refractivity contribution < 1.29 is 4.74 Å². The first-order chi connectivity index (χ1) is 9.60. The first-order valence-corrected chi connectivity index (χ1v) is 7.80. The van der Waals surface area contributed by atoms with Crippen molar-refractivity contribution in [3.8, 4) is 5.75 Å². The molecule has 0 radical (unpaired) electrons. The van der Waals surface area contributed by atoms with Gasteiger partial charge < -0.3 is 15.0 Å². The van der Waals surface area contributed by atoms with E-state index in [1.807, 2.05) is 18.2 Å². The Labute approximate surface area is 127 Å². The third-order valence-corrected chi connectivity index (χ3v) is 3.95. The molecule has 1 unspecified atom stereocenters. The van der Waals surface area contributed by atoms with E-state index in [-0.39, 0.29) is 0 Å². The number of hydrogen-bond acceptors (Lipinski definition) is 3. The highest BCUT2D eigenvalue weighted by molar-refractivity contribution is 6.30. The van der Waals surface area contributed by atoms with Crippen LogP contribution in [0.5, 0.6) is 5.75 Å². The number of anilines is 1. The molecule has 1 heterocycles. The molecular formula is C16H25ClN2O. The van der Waals surface area contributed by atoms with E-state index in [9.17, 15) is 0 Å². The summed E-state index contributed by atoms with van der Waals surface area (Å²) in [5.41, 5.74) is 1.11. The van der Waals surface area contributed by atoms with E-state index in [0.29, 0.717) is 12.0 Å². The van der Waals surface area contributed by atoms with Crippen molar-refractivity contribution in [2.45, 2.75) is 32.7 Å². The third-order valence-electron chi connectivity index (χ3n) is 3.72. The normalized spacial score (nSPS) is 20.1. The lowest BCUT2D eigenvalue weighted by Crippen LogP contribution is -2.38. The highest BCUT2D eigenvalue weighted by atomic mass is 35.5. The van der Waals surface area contributed by atoms with Crippen LogP contribution in [-0.4, -0.2) is 32.8 Å². The van der Waals surface area contributed by atoms with Gasteiger partial charge in [-0.3, -0.25) is 0 Å². The maximum Gasteiger partial charge on any atom is 0.142 e. The van der Waals surface area contributed by atoms with Crippen LogP contribution in [-0.2, 0) is 0 Å². The van der Waals surface area contributed by atoms with Crippen LogP contribution in [0.4, 0.5) is 5.69 Å². The fourth-order valence-corrected chi connectivity index (χ4v) is 3.02. The topological polar surface area (TPSA) is 24.5 Å². The SMILES string of the molecule is COc1ccc(Cl)cc1N1CCCNC(CC(C)C)C1. The molecule has 3 nitrogen and oxygen atoms in total. The molecule has 1 saturated heterocycles. The van der Waals surface area contributed by atoms with Gasteiger partial charge in [0.25, 0.3) is 0 Å². The van der Waals surface area contributed by atoms with Crippen LogP contribution in [0.2, 0.25) is 5.02 Å². The second-order valence-corrected chi connectivity index (χ2v) is 6.33. The third kappa shape index (κ3) is 4.03. The summed E-state index contributed by atoms with van der Waals surface area (Å²) < 4.78 is 5.49. The van der Waals surface area contributed by atoms with Crippen LogP contribution >= 0.6 is 11.6 Å². The van der Waals surface area contributed by atoms with E-state index in [4.69, 9.17) is 16.3 Å². The molecule has 1 N–H and O–H groups in total. The van der Waals surface area contributed by atoms with Gasteiger partial charge in [-0.2, -0.15) is 0 Å². The van der Waals surface area contributed by atoms with Crippen LogP contribution in [0.15, 0.2) is 18.2 Å². The van der Waals surface area contributed by atoms with Crippen molar-refractivity contribution in [2.75, 3.05) is 31.6 Å². The molecule has 112 valence electrons. The zero-order valence-corrected chi connectivity index (χ0v) is 13.4. The molecular weight excluding hydrogens is 272 g/mol. The average Bonchev–Trinajstić information content (AvgIpc) is 2.63. The number of ether oxygens (including phenoxy) is 1. The fraction of sp³-hybridized carbons (Fsp3) is 0.625. The van der Waals surface area contributed by atoms with Gasteiger partial charge in [-0.25, -0.2) is 0 Å².